The third kappa shape index (κ3) is 6.52. The first-order valence-electron chi connectivity index (χ1n) is 14.4. The van der Waals surface area contributed by atoms with Gasteiger partial charge in [0, 0.05) is 37.4 Å². The van der Waals surface area contributed by atoms with E-state index in [0.29, 0.717) is 12.0 Å². The topological polar surface area (TPSA) is 67.4 Å². The van der Waals surface area contributed by atoms with Crippen molar-refractivity contribution in [2.75, 3.05) is 24.6 Å². The first kappa shape index (κ1) is 25.7. The lowest BCUT2D eigenvalue weighted by Crippen LogP contribution is -2.37. The van der Waals surface area contributed by atoms with Crippen molar-refractivity contribution in [3.8, 4) is 5.75 Å². The molecule has 1 atom stereocenters. The summed E-state index contributed by atoms with van der Waals surface area (Å²) in [5.74, 6) is 2.77. The lowest BCUT2D eigenvalue weighted by atomic mass is 9.85. The number of piperidine rings is 1. The van der Waals surface area contributed by atoms with Crippen molar-refractivity contribution < 1.29 is 9.53 Å². The van der Waals surface area contributed by atoms with Crippen molar-refractivity contribution in [1.82, 2.24) is 15.3 Å². The molecule has 1 aliphatic heterocycles. The SMILES string of the molecule is CCc1cnc(N2CCC(COc3ccc(C4=CCC(C(=O)NC5CCCC5)CC4)cc3C)CC2)nc1. The quantitative estimate of drug-likeness (QED) is 0.488. The third-order valence-electron chi connectivity index (χ3n) is 8.50. The number of nitrogens with one attached hydrogen (secondary N) is 1. The molecular formula is C31H42N4O2. The van der Waals surface area contributed by atoms with Crippen LogP contribution < -0.4 is 15.0 Å². The number of anilines is 1. The van der Waals surface area contributed by atoms with E-state index in [4.69, 9.17) is 4.74 Å². The van der Waals surface area contributed by atoms with Gasteiger partial charge in [0.1, 0.15) is 5.75 Å². The summed E-state index contributed by atoms with van der Waals surface area (Å²) >= 11 is 0. The van der Waals surface area contributed by atoms with Crippen LogP contribution in [0.25, 0.3) is 5.57 Å². The van der Waals surface area contributed by atoms with Gasteiger partial charge in [-0.2, -0.15) is 0 Å². The van der Waals surface area contributed by atoms with E-state index in [0.717, 1.165) is 82.8 Å². The van der Waals surface area contributed by atoms with Crippen LogP contribution in [-0.4, -0.2) is 41.6 Å². The monoisotopic (exact) mass is 502 g/mol. The zero-order valence-corrected chi connectivity index (χ0v) is 22.5. The molecule has 1 saturated heterocycles. The van der Waals surface area contributed by atoms with E-state index in [-0.39, 0.29) is 11.8 Å². The summed E-state index contributed by atoms with van der Waals surface area (Å²) in [7, 11) is 0. The molecule has 2 aliphatic carbocycles. The second-order valence-corrected chi connectivity index (χ2v) is 11.2. The lowest BCUT2D eigenvalue weighted by molar-refractivity contribution is -0.125. The van der Waals surface area contributed by atoms with Gasteiger partial charge in [-0.25, -0.2) is 9.97 Å². The van der Waals surface area contributed by atoms with Gasteiger partial charge in [0.25, 0.3) is 0 Å². The number of ether oxygens (including phenoxy) is 1. The molecule has 6 nitrogen and oxygen atoms in total. The number of nitrogens with zero attached hydrogens (tertiary/aromatic N) is 3. The number of carbonyl (C=O) groups excluding carboxylic acids is 1. The molecule has 5 rings (SSSR count). The van der Waals surface area contributed by atoms with Gasteiger partial charge in [0.2, 0.25) is 11.9 Å². The van der Waals surface area contributed by atoms with Gasteiger partial charge in [0.15, 0.2) is 0 Å². The number of benzene rings is 1. The van der Waals surface area contributed by atoms with Crippen molar-refractivity contribution in [2.24, 2.45) is 11.8 Å². The fraction of sp³-hybridized carbons (Fsp3) is 0.581. The van der Waals surface area contributed by atoms with Gasteiger partial charge in [-0.05, 0) is 98.6 Å². The minimum Gasteiger partial charge on any atom is -0.493 e. The normalized spacial score (nSPS) is 21.1. The highest BCUT2D eigenvalue weighted by atomic mass is 16.5. The third-order valence-corrected chi connectivity index (χ3v) is 8.50. The Balaban J connectivity index is 1.08. The van der Waals surface area contributed by atoms with Gasteiger partial charge >= 0.3 is 0 Å². The Morgan fingerprint density at radius 3 is 2.49 bits per heavy atom. The highest BCUT2D eigenvalue weighted by molar-refractivity contribution is 5.81. The molecule has 1 aromatic carbocycles. The molecule has 0 spiro atoms. The summed E-state index contributed by atoms with van der Waals surface area (Å²) in [5, 5.41) is 3.28. The number of hydrogen-bond acceptors (Lipinski definition) is 5. The molecule has 1 aromatic heterocycles. The molecule has 0 bridgehead atoms. The molecule has 1 saturated carbocycles. The van der Waals surface area contributed by atoms with Crippen molar-refractivity contribution in [3.63, 3.8) is 0 Å². The Morgan fingerprint density at radius 2 is 1.84 bits per heavy atom. The number of rotatable bonds is 8. The summed E-state index contributed by atoms with van der Waals surface area (Å²) in [4.78, 5) is 24.0. The van der Waals surface area contributed by atoms with E-state index >= 15 is 0 Å². The average Bonchev–Trinajstić information content (AvgIpc) is 3.46. The second kappa shape index (κ2) is 12.1. The molecular weight excluding hydrogens is 460 g/mol. The van der Waals surface area contributed by atoms with Crippen LogP contribution in [0.2, 0.25) is 0 Å². The Labute approximate surface area is 221 Å². The molecule has 198 valence electrons. The summed E-state index contributed by atoms with van der Waals surface area (Å²) < 4.78 is 6.28. The largest absolute Gasteiger partial charge is 0.493 e. The van der Waals surface area contributed by atoms with E-state index in [1.54, 1.807) is 0 Å². The number of aromatic nitrogens is 2. The van der Waals surface area contributed by atoms with Crippen molar-refractivity contribution in [1.29, 1.82) is 0 Å². The van der Waals surface area contributed by atoms with Crippen LogP contribution >= 0.6 is 0 Å². The van der Waals surface area contributed by atoms with Crippen molar-refractivity contribution >= 4 is 17.4 Å². The molecule has 1 unspecified atom stereocenters. The highest BCUT2D eigenvalue weighted by Crippen LogP contribution is 2.33. The molecule has 0 radical (unpaired) electrons. The maximum absolute atomic E-state index is 12.6. The lowest BCUT2D eigenvalue weighted by Gasteiger charge is -2.32. The summed E-state index contributed by atoms with van der Waals surface area (Å²) in [6.45, 7) is 6.97. The van der Waals surface area contributed by atoms with Crippen molar-refractivity contribution in [2.45, 2.75) is 84.1 Å². The Hall–Kier alpha value is -2.89. The minimum atomic E-state index is 0.127. The zero-order valence-electron chi connectivity index (χ0n) is 22.5. The van der Waals surface area contributed by atoms with E-state index in [9.17, 15) is 4.79 Å². The van der Waals surface area contributed by atoms with Crippen LogP contribution in [0.5, 0.6) is 5.75 Å². The summed E-state index contributed by atoms with van der Waals surface area (Å²) in [6, 6.07) is 6.97. The first-order valence-corrected chi connectivity index (χ1v) is 14.4. The zero-order chi connectivity index (χ0) is 25.6. The molecule has 1 N–H and O–H groups in total. The number of amides is 1. The van der Waals surface area contributed by atoms with Gasteiger partial charge < -0.3 is 15.0 Å². The maximum atomic E-state index is 12.6. The fourth-order valence-electron chi connectivity index (χ4n) is 5.94. The Morgan fingerprint density at radius 1 is 1.08 bits per heavy atom. The number of hydrogen-bond donors (Lipinski definition) is 1. The molecule has 37 heavy (non-hydrogen) atoms. The second-order valence-electron chi connectivity index (χ2n) is 11.2. The standard InChI is InChI=1S/C31H42N4O2/c1-3-23-19-32-31(33-20-23)35-16-14-24(15-17-35)21-37-29-13-12-27(18-22(29)2)25-8-10-26(11-9-25)30(36)34-28-6-4-5-7-28/h8,12-13,18-20,24,26,28H,3-7,9-11,14-17,21H2,1-2H3,(H,34,36). The molecule has 3 aliphatic rings. The summed E-state index contributed by atoms with van der Waals surface area (Å²) in [6.07, 6.45) is 16.9. The minimum absolute atomic E-state index is 0.127. The van der Waals surface area contributed by atoms with Crippen LogP contribution in [0.1, 0.15) is 81.4 Å². The highest BCUT2D eigenvalue weighted by Gasteiger charge is 2.26. The predicted octanol–water partition coefficient (Wildman–Crippen LogP) is 5.89. The molecule has 6 heteroatoms. The molecule has 2 heterocycles. The Bertz CT molecular complexity index is 1080. The van der Waals surface area contributed by atoms with Gasteiger partial charge in [-0.15, -0.1) is 0 Å². The van der Waals surface area contributed by atoms with Gasteiger partial charge in [0.05, 0.1) is 6.61 Å². The van der Waals surface area contributed by atoms with Gasteiger partial charge in [-0.1, -0.05) is 31.9 Å². The Kier molecular flexibility index (Phi) is 8.42. The molecule has 2 aromatic rings. The number of aryl methyl sites for hydroxylation is 2. The first-order chi connectivity index (χ1) is 18.1. The van der Waals surface area contributed by atoms with E-state index in [1.165, 1.54) is 35.1 Å². The van der Waals surface area contributed by atoms with E-state index in [2.05, 4.69) is 58.3 Å². The van der Waals surface area contributed by atoms with Crippen LogP contribution in [0.3, 0.4) is 0 Å². The van der Waals surface area contributed by atoms with Crippen molar-refractivity contribution in [3.05, 3.63) is 53.4 Å². The average molecular weight is 503 g/mol. The smallest absolute Gasteiger partial charge is 0.225 e. The molecule has 1 amide bonds. The van der Waals surface area contributed by atoms with E-state index in [1.807, 2.05) is 12.4 Å². The van der Waals surface area contributed by atoms with Crippen LogP contribution in [0, 0.1) is 18.8 Å². The van der Waals surface area contributed by atoms with Crippen LogP contribution in [0.15, 0.2) is 36.7 Å². The van der Waals surface area contributed by atoms with Gasteiger partial charge in [-0.3, -0.25) is 4.79 Å². The summed E-state index contributed by atoms with van der Waals surface area (Å²) in [5.41, 5.74) is 4.99. The number of carbonyl (C=O) groups is 1. The molecule has 2 fully saturated rings. The number of allylic oxidation sites excluding steroid dienone is 2. The van der Waals surface area contributed by atoms with Crippen LogP contribution in [-0.2, 0) is 11.2 Å². The predicted molar refractivity (Wildman–Crippen MR) is 149 cm³/mol. The van der Waals surface area contributed by atoms with Crippen LogP contribution in [0.4, 0.5) is 5.95 Å². The fourth-order valence-corrected chi connectivity index (χ4v) is 5.94. The maximum Gasteiger partial charge on any atom is 0.225 e. The van der Waals surface area contributed by atoms with E-state index < -0.39 is 0 Å².